The van der Waals surface area contributed by atoms with Crippen molar-refractivity contribution in [2.45, 2.75) is 59.0 Å². The molecule has 2 rings (SSSR count). The molecule has 0 fully saturated rings. The molecular formula is C30H37Cl7O10S2. The van der Waals surface area contributed by atoms with Crippen molar-refractivity contribution in [3.05, 3.63) is 58.6 Å². The lowest BCUT2D eigenvalue weighted by Gasteiger charge is -2.11. The van der Waals surface area contributed by atoms with Crippen molar-refractivity contribution in [1.29, 1.82) is 0 Å². The molecule has 2 aromatic rings. The van der Waals surface area contributed by atoms with Gasteiger partial charge in [-0.15, -0.1) is 0 Å². The fourth-order valence-electron chi connectivity index (χ4n) is 3.62. The van der Waals surface area contributed by atoms with Crippen LogP contribution in [-0.2, 0) is 28.6 Å². The van der Waals surface area contributed by atoms with E-state index in [9.17, 15) is 26.4 Å². The average molecular weight is 870 g/mol. The van der Waals surface area contributed by atoms with Crippen LogP contribution in [0.15, 0.2) is 42.5 Å². The number of carbonyl (C=O) groups excluding carboxylic acids is 2. The third-order valence-corrected chi connectivity index (χ3v) is 9.50. The van der Waals surface area contributed by atoms with E-state index >= 15 is 0 Å². The van der Waals surface area contributed by atoms with Crippen LogP contribution in [0.2, 0.25) is 5.02 Å². The number of ether oxygens (including phenoxy) is 2. The fourth-order valence-corrected chi connectivity index (χ4v) is 6.64. The van der Waals surface area contributed by atoms with Crippen LogP contribution in [0.25, 0.3) is 0 Å². The van der Waals surface area contributed by atoms with E-state index in [-0.39, 0.29) is 11.5 Å². The molecule has 0 aliphatic rings. The SMILES string of the molecule is O=Cc1ccc(OCCCCCCS(=O)(=O)OCC(Cl)(Cl)Cl)c(Cl)c1.O=Cc1ccc(OCCCCCCS(=O)(=O)OCC(Cl)(Cl)Cl)cc1. The number of hydrogen-bond acceptors (Lipinski definition) is 10. The molecule has 2 aromatic carbocycles. The Labute approximate surface area is 323 Å². The van der Waals surface area contributed by atoms with Crippen molar-refractivity contribution in [2.75, 3.05) is 37.9 Å². The summed E-state index contributed by atoms with van der Waals surface area (Å²) in [5, 5.41) is 0.377. The lowest BCUT2D eigenvalue weighted by molar-refractivity contribution is 0.111. The Balaban J connectivity index is 0.000000490. The first kappa shape index (κ1) is 46.3. The van der Waals surface area contributed by atoms with Crippen LogP contribution in [0.1, 0.15) is 72.1 Å². The highest BCUT2D eigenvalue weighted by Crippen LogP contribution is 2.28. The summed E-state index contributed by atoms with van der Waals surface area (Å²) < 4.78 is 63.1. The molecule has 0 heterocycles. The van der Waals surface area contributed by atoms with E-state index in [0.29, 0.717) is 66.4 Å². The topological polar surface area (TPSA) is 139 Å². The zero-order chi connectivity index (χ0) is 37.0. The molecule has 0 unspecified atom stereocenters. The number of rotatable bonds is 22. The average Bonchev–Trinajstić information content (AvgIpc) is 3.02. The molecule has 0 aromatic heterocycles. The van der Waals surface area contributed by atoms with Crippen LogP contribution in [0.5, 0.6) is 11.5 Å². The maximum atomic E-state index is 11.6. The minimum atomic E-state index is -3.69. The van der Waals surface area contributed by atoms with E-state index < -0.39 is 41.0 Å². The van der Waals surface area contributed by atoms with Crippen LogP contribution in [0.4, 0.5) is 0 Å². The first-order valence-electron chi connectivity index (χ1n) is 14.8. The fraction of sp³-hybridized carbons (Fsp3) is 0.533. The van der Waals surface area contributed by atoms with Crippen LogP contribution >= 0.6 is 81.2 Å². The number of benzene rings is 2. The summed E-state index contributed by atoms with van der Waals surface area (Å²) in [6.45, 7) is -0.0259. The molecule has 0 aliphatic carbocycles. The Hall–Kier alpha value is -0.770. The maximum absolute atomic E-state index is 11.6. The van der Waals surface area contributed by atoms with E-state index in [2.05, 4.69) is 8.37 Å². The normalized spacial score (nSPS) is 12.1. The third kappa shape index (κ3) is 25.0. The number of carbonyl (C=O) groups is 2. The standard InChI is InChI=1S/C15H18Cl4O5S.C15H19Cl3O5S/c16-13-9-12(10-20)5-6-14(13)23-7-3-1-2-4-8-25(21,22)24-11-15(17,18)19;16-15(17,18)12-23-24(20,21)10-4-2-1-3-9-22-14-7-5-13(11-19)6-8-14/h5-6,9-10H,1-4,7-8,11H2;5-8,11H,1-4,9-10,12H2. The Morgan fingerprint density at radius 2 is 1.00 bits per heavy atom. The first-order valence-corrected chi connectivity index (χ1v) is 20.6. The number of aldehydes is 2. The van der Waals surface area contributed by atoms with Crippen molar-refractivity contribution in [3.8, 4) is 11.5 Å². The highest BCUT2D eigenvalue weighted by molar-refractivity contribution is 7.86. The Morgan fingerprint density at radius 1 is 0.571 bits per heavy atom. The molecule has 0 spiro atoms. The summed E-state index contributed by atoms with van der Waals surface area (Å²) in [6, 6.07) is 11.6. The summed E-state index contributed by atoms with van der Waals surface area (Å²) in [6.07, 6.45) is 6.95. The van der Waals surface area contributed by atoms with Gasteiger partial charge in [0.15, 0.2) is 0 Å². The van der Waals surface area contributed by atoms with Gasteiger partial charge in [-0.3, -0.25) is 18.0 Å². The van der Waals surface area contributed by atoms with Crippen LogP contribution in [0.3, 0.4) is 0 Å². The number of hydrogen-bond donors (Lipinski definition) is 0. The minimum Gasteiger partial charge on any atom is -0.494 e. The second kappa shape index (κ2) is 23.7. The van der Waals surface area contributed by atoms with Gasteiger partial charge < -0.3 is 9.47 Å². The van der Waals surface area contributed by atoms with Crippen LogP contribution in [-0.4, -0.2) is 74.9 Å². The number of halogens is 7. The predicted octanol–water partition coefficient (Wildman–Crippen LogP) is 8.96. The molecule has 19 heteroatoms. The smallest absolute Gasteiger partial charge is 0.267 e. The van der Waals surface area contributed by atoms with Gasteiger partial charge in [-0.1, -0.05) is 107 Å². The summed E-state index contributed by atoms with van der Waals surface area (Å²) in [4.78, 5) is 21.1. The van der Waals surface area contributed by atoms with Gasteiger partial charge in [0.2, 0.25) is 7.59 Å². The van der Waals surface area contributed by atoms with E-state index in [1.165, 1.54) is 6.07 Å². The van der Waals surface area contributed by atoms with E-state index in [1.807, 2.05) is 0 Å². The van der Waals surface area contributed by atoms with Gasteiger partial charge in [0.05, 0.1) is 29.7 Å². The van der Waals surface area contributed by atoms with Gasteiger partial charge in [-0.05, 0) is 68.1 Å². The van der Waals surface area contributed by atoms with E-state index in [0.717, 1.165) is 38.4 Å². The molecule has 0 aliphatic heterocycles. The van der Waals surface area contributed by atoms with Crippen LogP contribution in [0, 0.1) is 0 Å². The highest BCUT2D eigenvalue weighted by Gasteiger charge is 2.25. The first-order chi connectivity index (χ1) is 22.8. The number of unbranched alkanes of at least 4 members (excludes halogenated alkanes) is 6. The van der Waals surface area contributed by atoms with Gasteiger partial charge in [0.1, 0.15) is 37.3 Å². The van der Waals surface area contributed by atoms with Gasteiger partial charge in [-0.25, -0.2) is 0 Å². The summed E-state index contributed by atoms with van der Waals surface area (Å²) in [5.41, 5.74) is 1.08. The second-order valence-corrected chi connectivity index (χ2v) is 19.3. The molecule has 10 nitrogen and oxygen atoms in total. The molecule has 0 bridgehead atoms. The second-order valence-electron chi connectivity index (χ2n) is 10.3. The zero-order valence-corrected chi connectivity index (χ0v) is 33.1. The molecule has 278 valence electrons. The van der Waals surface area contributed by atoms with Crippen molar-refractivity contribution in [2.24, 2.45) is 0 Å². The van der Waals surface area contributed by atoms with Gasteiger partial charge in [0.25, 0.3) is 20.2 Å². The van der Waals surface area contributed by atoms with Crippen molar-refractivity contribution in [1.82, 2.24) is 0 Å². The largest absolute Gasteiger partial charge is 0.494 e. The Morgan fingerprint density at radius 3 is 1.43 bits per heavy atom. The van der Waals surface area contributed by atoms with Gasteiger partial charge in [0, 0.05) is 11.1 Å². The van der Waals surface area contributed by atoms with E-state index in [4.69, 9.17) is 90.7 Å². The predicted molar refractivity (Wildman–Crippen MR) is 197 cm³/mol. The Bertz CT molecular complexity index is 1480. The van der Waals surface area contributed by atoms with Crippen molar-refractivity contribution >= 4 is 114 Å². The van der Waals surface area contributed by atoms with Crippen molar-refractivity contribution in [3.63, 3.8) is 0 Å². The van der Waals surface area contributed by atoms with Crippen LogP contribution < -0.4 is 9.47 Å². The molecule has 49 heavy (non-hydrogen) atoms. The molecule has 0 saturated carbocycles. The Kier molecular flexibility index (Phi) is 22.4. The third-order valence-electron chi connectivity index (χ3n) is 6.02. The van der Waals surface area contributed by atoms with Crippen molar-refractivity contribution < 1.29 is 44.3 Å². The molecule has 0 atom stereocenters. The zero-order valence-electron chi connectivity index (χ0n) is 26.1. The van der Waals surface area contributed by atoms with Gasteiger partial charge >= 0.3 is 0 Å². The van der Waals surface area contributed by atoms with Gasteiger partial charge in [-0.2, -0.15) is 16.8 Å². The minimum absolute atomic E-state index is 0.109. The molecule has 0 saturated heterocycles. The number of alkyl halides is 6. The molecule has 0 N–H and O–H groups in total. The monoisotopic (exact) mass is 866 g/mol. The quantitative estimate of drug-likeness (QED) is 0.0488. The van der Waals surface area contributed by atoms with E-state index in [1.54, 1.807) is 36.4 Å². The summed E-state index contributed by atoms with van der Waals surface area (Å²) in [5.74, 6) is 0.966. The molecule has 0 radical (unpaired) electrons. The lowest BCUT2D eigenvalue weighted by Crippen LogP contribution is -2.19. The molecule has 0 amide bonds. The maximum Gasteiger partial charge on any atom is 0.267 e. The lowest BCUT2D eigenvalue weighted by atomic mass is 10.2. The summed E-state index contributed by atoms with van der Waals surface area (Å²) >= 11 is 38.6. The molecular weight excluding hydrogens is 833 g/mol. The highest BCUT2D eigenvalue weighted by atomic mass is 35.6. The summed E-state index contributed by atoms with van der Waals surface area (Å²) in [7, 11) is -7.36.